The molecule has 0 heterocycles. The van der Waals surface area contributed by atoms with Gasteiger partial charge in [0.15, 0.2) is 0 Å². The largest absolute Gasteiger partial charge is 0.489 e. The van der Waals surface area contributed by atoms with E-state index < -0.39 is 6.10 Å². The second-order valence-corrected chi connectivity index (χ2v) is 6.31. The molecule has 3 unspecified atom stereocenters. The minimum absolute atomic E-state index is 0.218. The van der Waals surface area contributed by atoms with Crippen molar-refractivity contribution in [1.82, 2.24) is 5.32 Å². The first-order valence-electron chi connectivity index (χ1n) is 7.05. The number of nitrogens with one attached hydrogen (secondary N) is 1. The molecule has 0 spiro atoms. The molecule has 2 rings (SSSR count). The molecule has 1 saturated carbocycles. The molecule has 3 atom stereocenters. The zero-order chi connectivity index (χ0) is 14.5. The van der Waals surface area contributed by atoms with Gasteiger partial charge in [0.1, 0.15) is 18.5 Å². The maximum absolute atomic E-state index is 9.95. The first-order chi connectivity index (χ1) is 9.56. The lowest BCUT2D eigenvalue weighted by Gasteiger charge is -2.20. The molecule has 0 saturated heterocycles. The zero-order valence-electron chi connectivity index (χ0n) is 11.6. The summed E-state index contributed by atoms with van der Waals surface area (Å²) in [6.07, 6.45) is 3.18. The van der Waals surface area contributed by atoms with Gasteiger partial charge in [-0.3, -0.25) is 0 Å². The van der Waals surface area contributed by atoms with E-state index in [9.17, 15) is 5.11 Å². The van der Waals surface area contributed by atoms with Crippen LogP contribution >= 0.6 is 23.2 Å². The van der Waals surface area contributed by atoms with Gasteiger partial charge in [0.05, 0.1) is 5.02 Å². The van der Waals surface area contributed by atoms with E-state index in [-0.39, 0.29) is 6.61 Å². The Kier molecular flexibility index (Phi) is 5.97. The van der Waals surface area contributed by atoms with Crippen molar-refractivity contribution in [3.63, 3.8) is 0 Å². The van der Waals surface area contributed by atoms with Gasteiger partial charge in [-0.15, -0.1) is 0 Å². The number of benzene rings is 1. The van der Waals surface area contributed by atoms with Crippen LogP contribution in [0.15, 0.2) is 18.2 Å². The lowest BCUT2D eigenvalue weighted by molar-refractivity contribution is 0.102. The first-order valence-corrected chi connectivity index (χ1v) is 7.81. The molecule has 1 aliphatic rings. The fourth-order valence-electron chi connectivity index (χ4n) is 2.57. The van der Waals surface area contributed by atoms with Crippen LogP contribution in [0.25, 0.3) is 0 Å². The van der Waals surface area contributed by atoms with E-state index in [0.717, 1.165) is 0 Å². The molecule has 1 aliphatic carbocycles. The standard InChI is InChI=1S/C15H21Cl2NO2/c1-10-3-2-4-14(10)18-8-12(19)9-20-15-6-5-11(16)7-13(15)17/h5-7,10,12,14,18-19H,2-4,8-9H2,1H3. The van der Waals surface area contributed by atoms with E-state index >= 15 is 0 Å². The minimum atomic E-state index is -0.547. The van der Waals surface area contributed by atoms with Crippen LogP contribution in [0.3, 0.4) is 0 Å². The third-order valence-electron chi connectivity index (χ3n) is 3.80. The molecule has 5 heteroatoms. The summed E-state index contributed by atoms with van der Waals surface area (Å²) in [5.74, 6) is 1.23. The predicted molar refractivity (Wildman–Crippen MR) is 82.8 cm³/mol. The third kappa shape index (κ3) is 4.52. The SMILES string of the molecule is CC1CCCC1NCC(O)COc1ccc(Cl)cc1Cl. The fraction of sp³-hybridized carbons (Fsp3) is 0.600. The minimum Gasteiger partial charge on any atom is -0.489 e. The highest BCUT2D eigenvalue weighted by Gasteiger charge is 2.23. The Morgan fingerprint density at radius 3 is 2.85 bits per heavy atom. The van der Waals surface area contributed by atoms with Crippen LogP contribution in [0.5, 0.6) is 5.75 Å². The van der Waals surface area contributed by atoms with E-state index in [1.165, 1.54) is 19.3 Å². The number of aliphatic hydroxyl groups is 1. The number of halogens is 2. The van der Waals surface area contributed by atoms with Crippen LogP contribution in [0.1, 0.15) is 26.2 Å². The van der Waals surface area contributed by atoms with Crippen molar-refractivity contribution in [2.45, 2.75) is 38.3 Å². The van der Waals surface area contributed by atoms with Gasteiger partial charge >= 0.3 is 0 Å². The molecule has 0 aliphatic heterocycles. The van der Waals surface area contributed by atoms with Crippen molar-refractivity contribution in [1.29, 1.82) is 0 Å². The molecule has 0 bridgehead atoms. The van der Waals surface area contributed by atoms with Crippen LogP contribution in [0.4, 0.5) is 0 Å². The van der Waals surface area contributed by atoms with Gasteiger partial charge in [-0.1, -0.05) is 36.5 Å². The Morgan fingerprint density at radius 1 is 1.40 bits per heavy atom. The zero-order valence-corrected chi connectivity index (χ0v) is 13.1. The molecule has 0 amide bonds. The Labute approximate surface area is 130 Å². The summed E-state index contributed by atoms with van der Waals surface area (Å²) in [6, 6.07) is 5.57. The topological polar surface area (TPSA) is 41.5 Å². The normalized spacial score (nSPS) is 23.8. The summed E-state index contributed by atoms with van der Waals surface area (Å²) in [5, 5.41) is 14.4. The number of ether oxygens (including phenoxy) is 1. The number of hydrogen-bond acceptors (Lipinski definition) is 3. The molecular weight excluding hydrogens is 297 g/mol. The highest BCUT2D eigenvalue weighted by molar-refractivity contribution is 6.35. The molecule has 2 N–H and O–H groups in total. The number of aliphatic hydroxyl groups excluding tert-OH is 1. The maximum atomic E-state index is 9.95. The molecule has 1 fully saturated rings. The molecule has 0 aromatic heterocycles. The van der Waals surface area contributed by atoms with Gasteiger partial charge < -0.3 is 15.2 Å². The van der Waals surface area contributed by atoms with E-state index in [1.54, 1.807) is 18.2 Å². The average Bonchev–Trinajstić information content (AvgIpc) is 2.81. The number of hydrogen-bond donors (Lipinski definition) is 2. The maximum Gasteiger partial charge on any atom is 0.138 e. The van der Waals surface area contributed by atoms with Crippen molar-refractivity contribution in [2.24, 2.45) is 5.92 Å². The van der Waals surface area contributed by atoms with Gasteiger partial charge in [0.25, 0.3) is 0 Å². The Bertz CT molecular complexity index is 442. The van der Waals surface area contributed by atoms with Crippen molar-refractivity contribution < 1.29 is 9.84 Å². The van der Waals surface area contributed by atoms with E-state index in [0.29, 0.717) is 34.3 Å². The molecule has 0 radical (unpaired) electrons. The average molecular weight is 318 g/mol. The summed E-state index contributed by atoms with van der Waals surface area (Å²) >= 11 is 11.8. The monoisotopic (exact) mass is 317 g/mol. The van der Waals surface area contributed by atoms with Crippen LogP contribution < -0.4 is 10.1 Å². The second-order valence-electron chi connectivity index (χ2n) is 5.46. The smallest absolute Gasteiger partial charge is 0.138 e. The fourth-order valence-corrected chi connectivity index (χ4v) is 3.04. The predicted octanol–water partition coefficient (Wildman–Crippen LogP) is 3.51. The second kappa shape index (κ2) is 7.51. The Morgan fingerprint density at radius 2 is 2.20 bits per heavy atom. The summed E-state index contributed by atoms with van der Waals surface area (Å²) in [6.45, 7) is 3.01. The Balaban J connectivity index is 1.73. The van der Waals surface area contributed by atoms with Gasteiger partial charge in [-0.25, -0.2) is 0 Å². The van der Waals surface area contributed by atoms with Gasteiger partial charge in [-0.05, 0) is 37.0 Å². The molecule has 1 aromatic rings. The van der Waals surface area contributed by atoms with Crippen LogP contribution in [-0.2, 0) is 0 Å². The van der Waals surface area contributed by atoms with Crippen molar-refractivity contribution >= 4 is 23.2 Å². The summed E-state index contributed by atoms with van der Waals surface area (Å²) in [5.41, 5.74) is 0. The molecule has 20 heavy (non-hydrogen) atoms. The quantitative estimate of drug-likeness (QED) is 0.843. The highest BCUT2D eigenvalue weighted by Crippen LogP contribution is 2.27. The summed E-state index contributed by atoms with van der Waals surface area (Å²) < 4.78 is 5.52. The lowest BCUT2D eigenvalue weighted by Crippen LogP contribution is -2.39. The molecule has 112 valence electrons. The van der Waals surface area contributed by atoms with Gasteiger partial charge in [0, 0.05) is 17.6 Å². The molecule has 1 aromatic carbocycles. The Hall–Kier alpha value is -0.480. The molecule has 3 nitrogen and oxygen atoms in total. The summed E-state index contributed by atoms with van der Waals surface area (Å²) in [4.78, 5) is 0. The summed E-state index contributed by atoms with van der Waals surface area (Å²) in [7, 11) is 0. The van der Waals surface area contributed by atoms with Gasteiger partial charge in [-0.2, -0.15) is 0 Å². The van der Waals surface area contributed by atoms with E-state index in [4.69, 9.17) is 27.9 Å². The van der Waals surface area contributed by atoms with Crippen LogP contribution in [0, 0.1) is 5.92 Å². The van der Waals surface area contributed by atoms with Crippen LogP contribution in [-0.4, -0.2) is 30.4 Å². The van der Waals surface area contributed by atoms with Gasteiger partial charge in [0.2, 0.25) is 0 Å². The van der Waals surface area contributed by atoms with E-state index in [2.05, 4.69) is 12.2 Å². The third-order valence-corrected chi connectivity index (χ3v) is 4.33. The van der Waals surface area contributed by atoms with Crippen LogP contribution in [0.2, 0.25) is 10.0 Å². The number of rotatable bonds is 6. The lowest BCUT2D eigenvalue weighted by atomic mass is 10.1. The van der Waals surface area contributed by atoms with E-state index in [1.807, 2.05) is 0 Å². The van der Waals surface area contributed by atoms with Crippen molar-refractivity contribution in [2.75, 3.05) is 13.2 Å². The van der Waals surface area contributed by atoms with Crippen molar-refractivity contribution in [3.8, 4) is 5.75 Å². The molecular formula is C15H21Cl2NO2. The first kappa shape index (κ1) is 15.9. The van der Waals surface area contributed by atoms with Crippen molar-refractivity contribution in [3.05, 3.63) is 28.2 Å². The highest BCUT2D eigenvalue weighted by atomic mass is 35.5.